The van der Waals surface area contributed by atoms with E-state index in [-0.39, 0.29) is 4.90 Å². The lowest BCUT2D eigenvalue weighted by Crippen LogP contribution is -2.22. The zero-order chi connectivity index (χ0) is 21.3. The number of fused-ring (bicyclic) bond motifs is 3. The van der Waals surface area contributed by atoms with E-state index in [1.807, 2.05) is 6.07 Å². The fourth-order valence-electron chi connectivity index (χ4n) is 2.93. The SMILES string of the molecule is CN(C)S(=O)(=O)c1ccc(NC=Cc2nccc3c2cnc2c(C#N)cnn23)cc1. The summed E-state index contributed by atoms with van der Waals surface area (Å²) >= 11 is 0. The number of nitrogens with one attached hydrogen (secondary N) is 1. The molecule has 0 fully saturated rings. The molecule has 4 aromatic rings. The maximum absolute atomic E-state index is 12.1. The van der Waals surface area contributed by atoms with Gasteiger partial charge in [0, 0.05) is 43.8 Å². The first-order valence-electron chi connectivity index (χ1n) is 8.89. The minimum absolute atomic E-state index is 0.226. The predicted octanol–water partition coefficient (Wildman–Crippen LogP) is 2.48. The molecule has 0 aliphatic rings. The van der Waals surface area contributed by atoms with Gasteiger partial charge in [0.15, 0.2) is 5.65 Å². The van der Waals surface area contributed by atoms with Crippen LogP contribution in [0.25, 0.3) is 22.6 Å². The summed E-state index contributed by atoms with van der Waals surface area (Å²) in [7, 11) is -0.469. The van der Waals surface area contributed by atoms with Crippen LogP contribution in [0, 0.1) is 11.3 Å². The van der Waals surface area contributed by atoms with Crippen LogP contribution in [-0.2, 0) is 10.0 Å². The molecule has 10 heteroatoms. The number of aromatic nitrogens is 4. The average molecular weight is 419 g/mol. The van der Waals surface area contributed by atoms with E-state index in [1.165, 1.54) is 24.6 Å². The van der Waals surface area contributed by atoms with Gasteiger partial charge in [0.2, 0.25) is 10.0 Å². The van der Waals surface area contributed by atoms with E-state index in [9.17, 15) is 8.42 Å². The van der Waals surface area contributed by atoms with Gasteiger partial charge in [0.05, 0.1) is 22.3 Å². The van der Waals surface area contributed by atoms with Gasteiger partial charge >= 0.3 is 0 Å². The van der Waals surface area contributed by atoms with Crippen molar-refractivity contribution < 1.29 is 8.42 Å². The minimum atomic E-state index is -3.46. The third-order valence-electron chi connectivity index (χ3n) is 4.53. The van der Waals surface area contributed by atoms with E-state index < -0.39 is 10.0 Å². The first-order valence-corrected chi connectivity index (χ1v) is 10.3. The highest BCUT2D eigenvalue weighted by Crippen LogP contribution is 2.20. The fraction of sp³-hybridized carbons (Fsp3) is 0.100. The second-order valence-corrected chi connectivity index (χ2v) is 8.73. The van der Waals surface area contributed by atoms with Crippen molar-refractivity contribution in [1.29, 1.82) is 5.26 Å². The molecule has 3 aromatic heterocycles. The number of anilines is 1. The molecule has 1 aromatic carbocycles. The summed E-state index contributed by atoms with van der Waals surface area (Å²) in [6.07, 6.45) is 8.32. The van der Waals surface area contributed by atoms with E-state index in [0.717, 1.165) is 16.6 Å². The van der Waals surface area contributed by atoms with Crippen LogP contribution in [0.5, 0.6) is 0 Å². The second-order valence-electron chi connectivity index (χ2n) is 6.58. The summed E-state index contributed by atoms with van der Waals surface area (Å²) in [5, 5.41) is 17.3. The Morgan fingerprint density at radius 1 is 1.13 bits per heavy atom. The summed E-state index contributed by atoms with van der Waals surface area (Å²) in [6, 6.07) is 10.4. The molecule has 3 heterocycles. The Morgan fingerprint density at radius 2 is 1.90 bits per heavy atom. The maximum Gasteiger partial charge on any atom is 0.242 e. The highest BCUT2D eigenvalue weighted by molar-refractivity contribution is 7.89. The summed E-state index contributed by atoms with van der Waals surface area (Å²) in [5.41, 5.74) is 3.10. The van der Waals surface area contributed by atoms with Crippen molar-refractivity contribution in [3.63, 3.8) is 0 Å². The van der Waals surface area contributed by atoms with Crippen molar-refractivity contribution >= 4 is 38.3 Å². The number of pyridine rings is 1. The van der Waals surface area contributed by atoms with E-state index in [2.05, 4.69) is 26.5 Å². The van der Waals surface area contributed by atoms with Gasteiger partial charge in [-0.2, -0.15) is 10.4 Å². The molecule has 4 rings (SSSR count). The lowest BCUT2D eigenvalue weighted by Gasteiger charge is -2.11. The van der Waals surface area contributed by atoms with Crippen molar-refractivity contribution in [2.45, 2.75) is 4.90 Å². The van der Waals surface area contributed by atoms with Gasteiger partial charge in [-0.05, 0) is 36.4 Å². The van der Waals surface area contributed by atoms with Crippen molar-refractivity contribution in [3.05, 3.63) is 66.4 Å². The predicted molar refractivity (Wildman–Crippen MR) is 113 cm³/mol. The molecule has 0 unspecified atom stereocenters. The van der Waals surface area contributed by atoms with E-state index in [1.54, 1.807) is 53.5 Å². The van der Waals surface area contributed by atoms with Crippen LogP contribution >= 0.6 is 0 Å². The van der Waals surface area contributed by atoms with Crippen LogP contribution in [0.15, 0.2) is 60.0 Å². The molecule has 0 aliphatic carbocycles. The van der Waals surface area contributed by atoms with Crippen LogP contribution in [0.3, 0.4) is 0 Å². The Bertz CT molecular complexity index is 1420. The molecule has 150 valence electrons. The molecular weight excluding hydrogens is 402 g/mol. The summed E-state index contributed by atoms with van der Waals surface area (Å²) in [6.45, 7) is 0. The molecule has 0 saturated carbocycles. The number of nitrogens with zero attached hydrogens (tertiary/aromatic N) is 6. The number of sulfonamides is 1. The smallest absolute Gasteiger partial charge is 0.242 e. The minimum Gasteiger partial charge on any atom is -0.362 e. The highest BCUT2D eigenvalue weighted by atomic mass is 32.2. The van der Waals surface area contributed by atoms with Crippen LogP contribution < -0.4 is 5.32 Å². The van der Waals surface area contributed by atoms with E-state index in [0.29, 0.717) is 16.9 Å². The molecule has 0 spiro atoms. The zero-order valence-corrected chi connectivity index (χ0v) is 17.0. The summed E-state index contributed by atoms with van der Waals surface area (Å²) < 4.78 is 27.1. The largest absolute Gasteiger partial charge is 0.362 e. The molecule has 0 aliphatic heterocycles. The van der Waals surface area contributed by atoms with Gasteiger partial charge in [0.1, 0.15) is 11.6 Å². The lowest BCUT2D eigenvalue weighted by atomic mass is 10.2. The number of benzene rings is 1. The van der Waals surface area contributed by atoms with Gasteiger partial charge in [-0.25, -0.2) is 22.2 Å². The highest BCUT2D eigenvalue weighted by Gasteiger charge is 2.16. The van der Waals surface area contributed by atoms with Gasteiger partial charge in [-0.15, -0.1) is 0 Å². The van der Waals surface area contributed by atoms with Gasteiger partial charge in [0.25, 0.3) is 0 Å². The van der Waals surface area contributed by atoms with Crippen molar-refractivity contribution in [1.82, 2.24) is 23.9 Å². The summed E-state index contributed by atoms with van der Waals surface area (Å²) in [5.74, 6) is 0. The van der Waals surface area contributed by atoms with Crippen molar-refractivity contribution in [3.8, 4) is 6.07 Å². The Balaban J connectivity index is 1.60. The zero-order valence-electron chi connectivity index (χ0n) is 16.2. The maximum atomic E-state index is 12.1. The Hall–Kier alpha value is -3.81. The summed E-state index contributed by atoms with van der Waals surface area (Å²) in [4.78, 5) is 8.94. The number of hydrogen-bond donors (Lipinski definition) is 1. The molecule has 0 atom stereocenters. The number of hydrogen-bond acceptors (Lipinski definition) is 7. The third kappa shape index (κ3) is 3.36. The van der Waals surface area contributed by atoms with Crippen LogP contribution in [0.1, 0.15) is 11.3 Å². The fourth-order valence-corrected chi connectivity index (χ4v) is 3.83. The van der Waals surface area contributed by atoms with E-state index in [4.69, 9.17) is 5.26 Å². The van der Waals surface area contributed by atoms with Crippen LogP contribution in [-0.4, -0.2) is 46.4 Å². The molecule has 0 radical (unpaired) electrons. The standard InChI is InChI=1S/C20H17N7O2S/c1-26(2)30(28,29)16-5-3-15(4-6-16)22-9-7-18-17-13-24-20-14(11-21)12-25-27(20)19(17)8-10-23-18/h3-10,12-13,22H,1-2H3. The van der Waals surface area contributed by atoms with Crippen LogP contribution in [0.2, 0.25) is 0 Å². The molecule has 0 saturated heterocycles. The third-order valence-corrected chi connectivity index (χ3v) is 6.36. The topological polar surface area (TPSA) is 116 Å². The number of nitriles is 1. The normalized spacial score (nSPS) is 12.1. The Kier molecular flexibility index (Phi) is 4.91. The first-order chi connectivity index (χ1) is 14.4. The van der Waals surface area contributed by atoms with Crippen LogP contribution in [0.4, 0.5) is 5.69 Å². The quantitative estimate of drug-likeness (QED) is 0.528. The van der Waals surface area contributed by atoms with Gasteiger partial charge < -0.3 is 5.32 Å². The first kappa shape index (κ1) is 19.5. The van der Waals surface area contributed by atoms with E-state index >= 15 is 0 Å². The monoisotopic (exact) mass is 419 g/mol. The number of rotatable bonds is 5. The molecule has 0 amide bonds. The second kappa shape index (κ2) is 7.55. The van der Waals surface area contributed by atoms with Gasteiger partial charge in [-0.1, -0.05) is 0 Å². The molecule has 30 heavy (non-hydrogen) atoms. The Labute approximate surface area is 173 Å². The lowest BCUT2D eigenvalue weighted by molar-refractivity contribution is 0.521. The van der Waals surface area contributed by atoms with Gasteiger partial charge in [-0.3, -0.25) is 4.98 Å². The average Bonchev–Trinajstić information content (AvgIpc) is 3.18. The molecule has 0 bridgehead atoms. The van der Waals surface area contributed by atoms with Crippen molar-refractivity contribution in [2.24, 2.45) is 0 Å². The molecule has 1 N–H and O–H groups in total. The molecular formula is C20H17N7O2S. The van der Waals surface area contributed by atoms with Crippen molar-refractivity contribution in [2.75, 3.05) is 19.4 Å². The molecule has 9 nitrogen and oxygen atoms in total. The Morgan fingerprint density at radius 3 is 2.60 bits per heavy atom.